The van der Waals surface area contributed by atoms with Crippen molar-refractivity contribution in [1.29, 1.82) is 0 Å². The molecule has 1 aliphatic rings. The number of aliphatic hydroxyl groups excluding tert-OH is 1. The fraction of sp³-hybridized carbons (Fsp3) is 0.684. The molecule has 0 saturated carbocycles. The predicted molar refractivity (Wildman–Crippen MR) is 96.7 cm³/mol. The molecule has 1 aliphatic heterocycles. The van der Waals surface area contributed by atoms with E-state index in [-0.39, 0.29) is 6.61 Å². The summed E-state index contributed by atoms with van der Waals surface area (Å²) >= 11 is 0. The third kappa shape index (κ3) is 5.36. The van der Waals surface area contributed by atoms with E-state index < -0.39 is 0 Å². The van der Waals surface area contributed by atoms with Crippen LogP contribution < -0.4 is 9.47 Å². The Morgan fingerprint density at radius 1 is 1.12 bits per heavy atom. The second kappa shape index (κ2) is 9.25. The summed E-state index contributed by atoms with van der Waals surface area (Å²) in [5, 5.41) is 9.45. The van der Waals surface area contributed by atoms with Crippen LogP contribution in [0.25, 0.3) is 0 Å². The monoisotopic (exact) mass is 336 g/mol. The van der Waals surface area contributed by atoms with Crippen molar-refractivity contribution < 1.29 is 14.6 Å². The molecule has 0 amide bonds. The van der Waals surface area contributed by atoms with Crippen molar-refractivity contribution in [2.24, 2.45) is 5.92 Å². The number of hydrogen-bond donors (Lipinski definition) is 1. The molecule has 136 valence electrons. The van der Waals surface area contributed by atoms with Gasteiger partial charge < -0.3 is 19.5 Å². The summed E-state index contributed by atoms with van der Waals surface area (Å²) in [5.74, 6) is 2.32. The SMILES string of the molecule is COc1cc(CN2CCN(CC(C)C)C[C@H]2CCO)cc(OC)c1. The van der Waals surface area contributed by atoms with E-state index >= 15 is 0 Å². The predicted octanol–water partition coefficient (Wildman–Crippen LogP) is 2.23. The number of ether oxygens (including phenoxy) is 2. The van der Waals surface area contributed by atoms with Crippen LogP contribution in [0.15, 0.2) is 18.2 Å². The topological polar surface area (TPSA) is 45.2 Å². The molecule has 0 bridgehead atoms. The summed E-state index contributed by atoms with van der Waals surface area (Å²) in [6.45, 7) is 9.87. The summed E-state index contributed by atoms with van der Waals surface area (Å²) in [4.78, 5) is 4.99. The fourth-order valence-electron chi connectivity index (χ4n) is 3.46. The van der Waals surface area contributed by atoms with Crippen LogP contribution in [0.3, 0.4) is 0 Å². The molecule has 24 heavy (non-hydrogen) atoms. The molecule has 1 heterocycles. The molecule has 5 heteroatoms. The van der Waals surface area contributed by atoms with Gasteiger partial charge in [0.15, 0.2) is 0 Å². The molecule has 1 N–H and O–H groups in total. The lowest BCUT2D eigenvalue weighted by Gasteiger charge is -2.42. The molecule has 0 aliphatic carbocycles. The van der Waals surface area contributed by atoms with Crippen LogP contribution in [-0.2, 0) is 6.54 Å². The van der Waals surface area contributed by atoms with Crippen molar-refractivity contribution in [2.45, 2.75) is 32.9 Å². The smallest absolute Gasteiger partial charge is 0.122 e. The number of methoxy groups -OCH3 is 2. The molecule has 1 aromatic carbocycles. The molecule has 2 rings (SSSR count). The van der Waals surface area contributed by atoms with Gasteiger partial charge in [-0.1, -0.05) is 13.8 Å². The number of nitrogens with zero attached hydrogens (tertiary/aromatic N) is 2. The normalized spacial score (nSPS) is 19.7. The number of rotatable bonds is 8. The Kier molecular flexibility index (Phi) is 7.34. The van der Waals surface area contributed by atoms with Crippen molar-refractivity contribution in [3.8, 4) is 11.5 Å². The van der Waals surface area contributed by atoms with Crippen LogP contribution in [0.1, 0.15) is 25.8 Å². The molecule has 0 spiro atoms. The molecule has 1 aromatic rings. The van der Waals surface area contributed by atoms with Crippen LogP contribution in [0.4, 0.5) is 0 Å². The first-order valence-corrected chi connectivity index (χ1v) is 8.85. The molecule has 1 atom stereocenters. The van der Waals surface area contributed by atoms with Gasteiger partial charge in [0.2, 0.25) is 0 Å². The molecule has 0 unspecified atom stereocenters. The van der Waals surface area contributed by atoms with E-state index in [1.807, 2.05) is 6.07 Å². The quantitative estimate of drug-likeness (QED) is 0.789. The summed E-state index contributed by atoms with van der Waals surface area (Å²) in [6, 6.07) is 6.42. The Morgan fingerprint density at radius 3 is 2.33 bits per heavy atom. The van der Waals surface area contributed by atoms with E-state index in [0.717, 1.165) is 50.6 Å². The zero-order valence-corrected chi connectivity index (χ0v) is 15.5. The highest BCUT2D eigenvalue weighted by molar-refractivity contribution is 5.38. The van der Waals surface area contributed by atoms with Crippen molar-refractivity contribution in [1.82, 2.24) is 9.80 Å². The van der Waals surface area contributed by atoms with E-state index in [2.05, 4.69) is 35.8 Å². The minimum atomic E-state index is 0.234. The lowest BCUT2D eigenvalue weighted by atomic mass is 10.1. The molecular weight excluding hydrogens is 304 g/mol. The average Bonchev–Trinajstić information content (AvgIpc) is 2.56. The number of hydrogen-bond acceptors (Lipinski definition) is 5. The fourth-order valence-corrected chi connectivity index (χ4v) is 3.46. The van der Waals surface area contributed by atoms with E-state index in [0.29, 0.717) is 12.0 Å². The second-order valence-corrected chi connectivity index (χ2v) is 7.01. The average molecular weight is 336 g/mol. The maximum absolute atomic E-state index is 9.45. The van der Waals surface area contributed by atoms with Crippen LogP contribution in [-0.4, -0.2) is 68.0 Å². The van der Waals surface area contributed by atoms with Crippen LogP contribution in [0, 0.1) is 5.92 Å². The summed E-state index contributed by atoms with van der Waals surface area (Å²) in [5.41, 5.74) is 1.19. The van der Waals surface area contributed by atoms with Gasteiger partial charge in [-0.3, -0.25) is 4.90 Å². The molecule has 1 saturated heterocycles. The summed E-state index contributed by atoms with van der Waals surface area (Å²) in [7, 11) is 3.36. The Balaban J connectivity index is 2.07. The van der Waals surface area contributed by atoms with Gasteiger partial charge in [-0.2, -0.15) is 0 Å². The lowest BCUT2D eigenvalue weighted by Crippen LogP contribution is -2.53. The standard InChI is InChI=1S/C19H32N2O3/c1-15(2)12-20-6-7-21(17(14-20)5-8-22)13-16-9-18(23-3)11-19(10-16)24-4/h9-11,15,17,22H,5-8,12-14H2,1-4H3/t17-/m1/s1. The minimum absolute atomic E-state index is 0.234. The van der Waals surface area contributed by atoms with Crippen LogP contribution in [0.2, 0.25) is 0 Å². The zero-order chi connectivity index (χ0) is 17.5. The van der Waals surface area contributed by atoms with E-state index in [9.17, 15) is 5.11 Å². The number of benzene rings is 1. The maximum Gasteiger partial charge on any atom is 0.122 e. The van der Waals surface area contributed by atoms with E-state index in [4.69, 9.17) is 9.47 Å². The third-order valence-electron chi connectivity index (χ3n) is 4.57. The van der Waals surface area contributed by atoms with Crippen LogP contribution >= 0.6 is 0 Å². The van der Waals surface area contributed by atoms with Crippen molar-refractivity contribution in [2.75, 3.05) is 47.0 Å². The third-order valence-corrected chi connectivity index (χ3v) is 4.57. The lowest BCUT2D eigenvalue weighted by molar-refractivity contribution is 0.0482. The second-order valence-electron chi connectivity index (χ2n) is 7.01. The first-order chi connectivity index (χ1) is 11.5. The van der Waals surface area contributed by atoms with E-state index in [1.165, 1.54) is 5.56 Å². The van der Waals surface area contributed by atoms with Crippen molar-refractivity contribution in [3.63, 3.8) is 0 Å². The largest absolute Gasteiger partial charge is 0.497 e. The van der Waals surface area contributed by atoms with Gasteiger partial charge in [0.05, 0.1) is 14.2 Å². The highest BCUT2D eigenvalue weighted by Gasteiger charge is 2.27. The van der Waals surface area contributed by atoms with Gasteiger partial charge in [0, 0.05) is 51.4 Å². The first kappa shape index (κ1) is 19.0. The molecule has 5 nitrogen and oxygen atoms in total. The number of piperazine rings is 1. The molecular formula is C19H32N2O3. The highest BCUT2D eigenvalue weighted by atomic mass is 16.5. The van der Waals surface area contributed by atoms with Gasteiger partial charge in [-0.25, -0.2) is 0 Å². The Bertz CT molecular complexity index is 485. The zero-order valence-electron chi connectivity index (χ0n) is 15.5. The Morgan fingerprint density at radius 2 is 1.79 bits per heavy atom. The molecule has 0 aromatic heterocycles. The van der Waals surface area contributed by atoms with Gasteiger partial charge in [0.25, 0.3) is 0 Å². The summed E-state index contributed by atoms with van der Waals surface area (Å²) in [6.07, 6.45) is 0.815. The Hall–Kier alpha value is -1.30. The van der Waals surface area contributed by atoms with Gasteiger partial charge in [-0.15, -0.1) is 0 Å². The first-order valence-electron chi connectivity index (χ1n) is 8.85. The summed E-state index contributed by atoms with van der Waals surface area (Å²) < 4.78 is 10.7. The van der Waals surface area contributed by atoms with Gasteiger partial charge >= 0.3 is 0 Å². The van der Waals surface area contributed by atoms with Crippen LogP contribution in [0.5, 0.6) is 11.5 Å². The maximum atomic E-state index is 9.45. The van der Waals surface area contributed by atoms with E-state index in [1.54, 1.807) is 14.2 Å². The van der Waals surface area contributed by atoms with Crippen molar-refractivity contribution in [3.05, 3.63) is 23.8 Å². The minimum Gasteiger partial charge on any atom is -0.497 e. The number of aliphatic hydroxyl groups is 1. The molecule has 0 radical (unpaired) electrons. The Labute approximate surface area is 146 Å². The van der Waals surface area contributed by atoms with Gasteiger partial charge in [0.1, 0.15) is 11.5 Å². The van der Waals surface area contributed by atoms with Gasteiger partial charge in [-0.05, 0) is 30.0 Å². The molecule has 1 fully saturated rings. The highest BCUT2D eigenvalue weighted by Crippen LogP contribution is 2.25. The van der Waals surface area contributed by atoms with Crippen molar-refractivity contribution >= 4 is 0 Å².